The molecule has 0 aliphatic heterocycles. The second-order valence-corrected chi connectivity index (χ2v) is 5.00. The van der Waals surface area contributed by atoms with Gasteiger partial charge in [0.25, 0.3) is 0 Å². The molecule has 1 unspecified atom stereocenters. The summed E-state index contributed by atoms with van der Waals surface area (Å²) in [5.41, 5.74) is 0.640. The molecule has 0 amide bonds. The third-order valence-electron chi connectivity index (χ3n) is 2.73. The van der Waals surface area contributed by atoms with Gasteiger partial charge in [0.15, 0.2) is 0 Å². The highest BCUT2D eigenvalue weighted by Gasteiger charge is 2.11. The fourth-order valence-electron chi connectivity index (χ4n) is 1.75. The minimum atomic E-state index is -0.677. The Morgan fingerprint density at radius 2 is 2.21 bits per heavy atom. The molecule has 0 radical (unpaired) electrons. The number of aliphatic hydroxyl groups is 1. The van der Waals surface area contributed by atoms with Crippen LogP contribution in [0, 0.1) is 0 Å². The molecule has 2 N–H and O–H groups in total. The van der Waals surface area contributed by atoms with E-state index < -0.39 is 6.10 Å². The van der Waals surface area contributed by atoms with Gasteiger partial charge in [-0.05, 0) is 24.3 Å². The SMILES string of the molecule is OC(CNCCn1cccn1)c1cc(Cl)ccc1Cl. The van der Waals surface area contributed by atoms with E-state index in [-0.39, 0.29) is 0 Å². The molecule has 1 aromatic carbocycles. The smallest absolute Gasteiger partial charge is 0.0929 e. The number of rotatable bonds is 6. The first-order valence-corrected chi connectivity index (χ1v) is 6.73. The number of aliphatic hydroxyl groups excluding tert-OH is 1. The standard InChI is InChI=1S/C13H15Cl2N3O/c14-10-2-3-12(15)11(8-10)13(19)9-16-5-7-18-6-1-4-17-18/h1-4,6,8,13,16,19H,5,7,9H2. The molecular formula is C13H15Cl2N3O. The third kappa shape index (κ3) is 4.21. The topological polar surface area (TPSA) is 50.1 Å². The predicted octanol–water partition coefficient (Wildman–Crippen LogP) is 2.51. The Morgan fingerprint density at radius 3 is 2.95 bits per heavy atom. The first kappa shape index (κ1) is 14.3. The highest BCUT2D eigenvalue weighted by atomic mass is 35.5. The molecule has 1 aromatic heterocycles. The fraction of sp³-hybridized carbons (Fsp3) is 0.308. The van der Waals surface area contributed by atoms with Crippen molar-refractivity contribution in [1.82, 2.24) is 15.1 Å². The Labute approximate surface area is 122 Å². The average Bonchev–Trinajstić information content (AvgIpc) is 2.90. The van der Waals surface area contributed by atoms with Crippen LogP contribution in [0.3, 0.4) is 0 Å². The lowest BCUT2D eigenvalue weighted by atomic mass is 10.1. The number of benzene rings is 1. The zero-order chi connectivity index (χ0) is 13.7. The van der Waals surface area contributed by atoms with Crippen LogP contribution < -0.4 is 5.32 Å². The van der Waals surface area contributed by atoms with Crippen LogP contribution in [0.1, 0.15) is 11.7 Å². The molecule has 0 spiro atoms. The van der Waals surface area contributed by atoms with Crippen LogP contribution in [-0.4, -0.2) is 28.0 Å². The van der Waals surface area contributed by atoms with Crippen molar-refractivity contribution in [2.24, 2.45) is 0 Å². The van der Waals surface area contributed by atoms with Gasteiger partial charge in [-0.25, -0.2) is 0 Å². The first-order valence-electron chi connectivity index (χ1n) is 5.98. The van der Waals surface area contributed by atoms with Crippen molar-refractivity contribution in [3.63, 3.8) is 0 Å². The van der Waals surface area contributed by atoms with E-state index >= 15 is 0 Å². The quantitative estimate of drug-likeness (QED) is 0.806. The molecular weight excluding hydrogens is 285 g/mol. The Bertz CT molecular complexity index is 517. The van der Waals surface area contributed by atoms with Gasteiger partial charge in [-0.3, -0.25) is 4.68 Å². The van der Waals surface area contributed by atoms with Gasteiger partial charge < -0.3 is 10.4 Å². The van der Waals surface area contributed by atoms with Crippen molar-refractivity contribution in [3.8, 4) is 0 Å². The van der Waals surface area contributed by atoms with Crippen molar-refractivity contribution >= 4 is 23.2 Å². The maximum atomic E-state index is 10.1. The van der Waals surface area contributed by atoms with E-state index in [9.17, 15) is 5.11 Å². The summed E-state index contributed by atoms with van der Waals surface area (Å²) < 4.78 is 1.83. The Morgan fingerprint density at radius 1 is 1.37 bits per heavy atom. The minimum absolute atomic E-state index is 0.418. The Kier molecular flexibility index (Phi) is 5.22. The van der Waals surface area contributed by atoms with Crippen molar-refractivity contribution in [2.75, 3.05) is 13.1 Å². The third-order valence-corrected chi connectivity index (χ3v) is 3.31. The van der Waals surface area contributed by atoms with Gasteiger partial charge in [-0.1, -0.05) is 23.2 Å². The molecule has 0 saturated carbocycles. The van der Waals surface area contributed by atoms with Crippen LogP contribution in [-0.2, 0) is 6.54 Å². The Hall–Kier alpha value is -1.07. The van der Waals surface area contributed by atoms with Gasteiger partial charge in [0, 0.05) is 41.1 Å². The van der Waals surface area contributed by atoms with E-state index in [2.05, 4.69) is 10.4 Å². The zero-order valence-corrected chi connectivity index (χ0v) is 11.8. The molecule has 0 aliphatic carbocycles. The van der Waals surface area contributed by atoms with Crippen molar-refractivity contribution < 1.29 is 5.11 Å². The summed E-state index contributed by atoms with van der Waals surface area (Å²) in [6.07, 6.45) is 2.95. The zero-order valence-electron chi connectivity index (χ0n) is 10.3. The first-order chi connectivity index (χ1) is 9.16. The van der Waals surface area contributed by atoms with E-state index in [1.54, 1.807) is 24.4 Å². The summed E-state index contributed by atoms with van der Waals surface area (Å²) in [6, 6.07) is 6.95. The van der Waals surface area contributed by atoms with Crippen LogP contribution in [0.15, 0.2) is 36.7 Å². The van der Waals surface area contributed by atoms with Gasteiger partial charge in [-0.15, -0.1) is 0 Å². The molecule has 19 heavy (non-hydrogen) atoms. The van der Waals surface area contributed by atoms with Crippen LogP contribution >= 0.6 is 23.2 Å². The maximum absolute atomic E-state index is 10.1. The lowest BCUT2D eigenvalue weighted by molar-refractivity contribution is 0.174. The van der Waals surface area contributed by atoms with E-state index in [4.69, 9.17) is 23.2 Å². The number of halogens is 2. The number of nitrogens with one attached hydrogen (secondary N) is 1. The van der Waals surface area contributed by atoms with Gasteiger partial charge >= 0.3 is 0 Å². The minimum Gasteiger partial charge on any atom is -0.387 e. The highest BCUT2D eigenvalue weighted by molar-refractivity contribution is 6.33. The molecule has 4 nitrogen and oxygen atoms in total. The predicted molar refractivity (Wildman–Crippen MR) is 76.5 cm³/mol. The van der Waals surface area contributed by atoms with E-state index in [1.807, 2.05) is 16.9 Å². The van der Waals surface area contributed by atoms with Crippen LogP contribution in [0.5, 0.6) is 0 Å². The van der Waals surface area contributed by atoms with Crippen molar-refractivity contribution in [3.05, 3.63) is 52.3 Å². The fourth-order valence-corrected chi connectivity index (χ4v) is 2.17. The van der Waals surface area contributed by atoms with Gasteiger partial charge in [0.2, 0.25) is 0 Å². The van der Waals surface area contributed by atoms with Crippen LogP contribution in [0.25, 0.3) is 0 Å². The summed E-state index contributed by atoms with van der Waals surface area (Å²) in [7, 11) is 0. The Balaban J connectivity index is 1.80. The number of hydrogen-bond donors (Lipinski definition) is 2. The molecule has 0 saturated heterocycles. The highest BCUT2D eigenvalue weighted by Crippen LogP contribution is 2.25. The molecule has 0 aliphatic rings. The van der Waals surface area contributed by atoms with E-state index in [0.29, 0.717) is 22.2 Å². The normalized spacial score (nSPS) is 12.6. The van der Waals surface area contributed by atoms with Gasteiger partial charge in [-0.2, -0.15) is 5.10 Å². The molecule has 1 atom stereocenters. The summed E-state index contributed by atoms with van der Waals surface area (Å²) in [4.78, 5) is 0. The number of hydrogen-bond acceptors (Lipinski definition) is 3. The van der Waals surface area contributed by atoms with Gasteiger partial charge in [0.1, 0.15) is 0 Å². The van der Waals surface area contributed by atoms with Crippen molar-refractivity contribution in [2.45, 2.75) is 12.6 Å². The summed E-state index contributed by atoms with van der Waals surface area (Å²) in [6.45, 7) is 1.89. The number of aromatic nitrogens is 2. The molecule has 2 rings (SSSR count). The van der Waals surface area contributed by atoms with Gasteiger partial charge in [0.05, 0.1) is 12.6 Å². The molecule has 2 aromatic rings. The molecule has 1 heterocycles. The second-order valence-electron chi connectivity index (χ2n) is 4.15. The van der Waals surface area contributed by atoms with Crippen LogP contribution in [0.4, 0.5) is 0 Å². The molecule has 0 bridgehead atoms. The lowest BCUT2D eigenvalue weighted by Gasteiger charge is -2.14. The average molecular weight is 300 g/mol. The summed E-state index contributed by atoms with van der Waals surface area (Å²) in [5, 5.41) is 18.4. The van der Waals surface area contributed by atoms with Crippen molar-refractivity contribution in [1.29, 1.82) is 0 Å². The summed E-state index contributed by atoms with van der Waals surface area (Å²) in [5.74, 6) is 0. The van der Waals surface area contributed by atoms with E-state index in [0.717, 1.165) is 13.1 Å². The maximum Gasteiger partial charge on any atom is 0.0929 e. The monoisotopic (exact) mass is 299 g/mol. The molecule has 6 heteroatoms. The van der Waals surface area contributed by atoms with Crippen LogP contribution in [0.2, 0.25) is 10.0 Å². The molecule has 0 fully saturated rings. The summed E-state index contributed by atoms with van der Waals surface area (Å²) >= 11 is 11.9. The number of nitrogens with zero attached hydrogens (tertiary/aromatic N) is 2. The second kappa shape index (κ2) is 6.91. The van der Waals surface area contributed by atoms with E-state index in [1.165, 1.54) is 0 Å². The lowest BCUT2D eigenvalue weighted by Crippen LogP contribution is -2.25. The molecule has 102 valence electrons. The largest absolute Gasteiger partial charge is 0.387 e.